The molecule has 6 heteroatoms. The van der Waals surface area contributed by atoms with Gasteiger partial charge in [-0.1, -0.05) is 13.8 Å². The normalized spacial score (nSPS) is 17.2. The fraction of sp³-hybridized carbons (Fsp3) is 0.867. The minimum atomic E-state index is -0.762. The van der Waals surface area contributed by atoms with Crippen LogP contribution in [0.4, 0.5) is 0 Å². The van der Waals surface area contributed by atoms with Gasteiger partial charge in [0.15, 0.2) is 0 Å². The second-order valence-electron chi connectivity index (χ2n) is 6.54. The number of carbonyl (C=O) groups is 2. The number of nitrogens with zero attached hydrogens (tertiary/aromatic N) is 1. The maximum absolute atomic E-state index is 11.9. The molecule has 0 bridgehead atoms. The van der Waals surface area contributed by atoms with Crippen LogP contribution in [0, 0.1) is 5.41 Å². The van der Waals surface area contributed by atoms with Gasteiger partial charge in [0.2, 0.25) is 5.91 Å². The molecule has 0 saturated carbocycles. The summed E-state index contributed by atoms with van der Waals surface area (Å²) in [6.07, 6.45) is 2.70. The van der Waals surface area contributed by atoms with Gasteiger partial charge in [-0.15, -0.1) is 0 Å². The minimum Gasteiger partial charge on any atom is -0.481 e. The van der Waals surface area contributed by atoms with Gasteiger partial charge < -0.3 is 15.7 Å². The molecule has 0 aliphatic carbocycles. The summed E-state index contributed by atoms with van der Waals surface area (Å²) in [6.45, 7) is 8.99. The molecule has 1 aliphatic heterocycles. The van der Waals surface area contributed by atoms with Crippen LogP contribution in [-0.2, 0) is 9.59 Å². The van der Waals surface area contributed by atoms with Gasteiger partial charge in [-0.3, -0.25) is 14.5 Å². The Morgan fingerprint density at radius 1 is 1.24 bits per heavy atom. The highest BCUT2D eigenvalue weighted by molar-refractivity contribution is 5.77. The lowest BCUT2D eigenvalue weighted by molar-refractivity contribution is -0.137. The van der Waals surface area contributed by atoms with E-state index in [4.69, 9.17) is 5.11 Å². The van der Waals surface area contributed by atoms with E-state index in [1.807, 2.05) is 13.8 Å². The summed E-state index contributed by atoms with van der Waals surface area (Å²) in [5.74, 6) is -0.701. The van der Waals surface area contributed by atoms with Gasteiger partial charge in [0.05, 0.1) is 6.54 Å². The lowest BCUT2D eigenvalue weighted by Gasteiger charge is -2.24. The summed E-state index contributed by atoms with van der Waals surface area (Å²) in [5.41, 5.74) is -0.0573. The van der Waals surface area contributed by atoms with Crippen molar-refractivity contribution in [3.8, 4) is 0 Å². The molecule has 1 heterocycles. The summed E-state index contributed by atoms with van der Waals surface area (Å²) >= 11 is 0. The largest absolute Gasteiger partial charge is 0.481 e. The molecule has 122 valence electrons. The molecule has 0 aromatic rings. The molecule has 6 nitrogen and oxygen atoms in total. The maximum atomic E-state index is 11.9. The Balaban J connectivity index is 2.18. The van der Waals surface area contributed by atoms with Crippen molar-refractivity contribution in [1.29, 1.82) is 0 Å². The van der Waals surface area contributed by atoms with E-state index in [1.165, 1.54) is 0 Å². The highest BCUT2D eigenvalue weighted by Crippen LogP contribution is 2.25. The van der Waals surface area contributed by atoms with Crippen molar-refractivity contribution >= 4 is 11.9 Å². The van der Waals surface area contributed by atoms with Crippen LogP contribution in [0.1, 0.15) is 39.5 Å². The van der Waals surface area contributed by atoms with Crippen molar-refractivity contribution in [3.63, 3.8) is 0 Å². The van der Waals surface area contributed by atoms with Gasteiger partial charge in [0, 0.05) is 26.1 Å². The van der Waals surface area contributed by atoms with Gasteiger partial charge in [-0.05, 0) is 37.8 Å². The van der Waals surface area contributed by atoms with E-state index < -0.39 is 5.97 Å². The molecular weight excluding hydrogens is 270 g/mol. The van der Waals surface area contributed by atoms with E-state index in [0.717, 1.165) is 39.0 Å². The predicted octanol–water partition coefficient (Wildman–Crippen LogP) is 0.679. The van der Waals surface area contributed by atoms with E-state index in [1.54, 1.807) is 0 Å². The first-order valence-corrected chi connectivity index (χ1v) is 7.81. The van der Waals surface area contributed by atoms with Crippen LogP contribution in [0.15, 0.2) is 0 Å². The molecule has 0 spiro atoms. The highest BCUT2D eigenvalue weighted by Gasteiger charge is 2.19. The average molecular weight is 299 g/mol. The van der Waals surface area contributed by atoms with Crippen LogP contribution >= 0.6 is 0 Å². The number of carbonyl (C=O) groups excluding carboxylic acids is 1. The van der Waals surface area contributed by atoms with E-state index in [-0.39, 0.29) is 17.7 Å². The number of aliphatic carboxylic acids is 1. The molecule has 1 fully saturated rings. The van der Waals surface area contributed by atoms with Crippen LogP contribution < -0.4 is 10.6 Å². The highest BCUT2D eigenvalue weighted by atomic mass is 16.4. The van der Waals surface area contributed by atoms with Crippen LogP contribution in [0.25, 0.3) is 0 Å². The third-order valence-corrected chi connectivity index (χ3v) is 3.94. The lowest BCUT2D eigenvalue weighted by atomic mass is 9.84. The molecule has 1 rings (SSSR count). The van der Waals surface area contributed by atoms with Crippen LogP contribution in [-0.4, -0.2) is 61.2 Å². The molecule has 0 radical (unpaired) electrons. The van der Waals surface area contributed by atoms with Crippen molar-refractivity contribution in [3.05, 3.63) is 0 Å². The molecule has 1 amide bonds. The Morgan fingerprint density at radius 3 is 2.71 bits per heavy atom. The zero-order valence-corrected chi connectivity index (χ0v) is 13.3. The second-order valence-corrected chi connectivity index (χ2v) is 6.54. The number of hydrogen-bond donors (Lipinski definition) is 3. The van der Waals surface area contributed by atoms with Crippen molar-refractivity contribution in [2.75, 3.05) is 39.3 Å². The zero-order chi connectivity index (χ0) is 15.7. The molecule has 1 saturated heterocycles. The molecule has 3 N–H and O–H groups in total. The summed E-state index contributed by atoms with van der Waals surface area (Å²) in [7, 11) is 0. The standard InChI is InChI=1S/C15H29N3O3/c1-15(2,5-4-14(20)21)6-8-17-13(19)12-18-10-3-7-16-9-11-18/h16H,3-12H2,1-2H3,(H,17,19)(H,20,21). The fourth-order valence-electron chi connectivity index (χ4n) is 2.43. The number of carboxylic acid groups (broad SMARTS) is 1. The van der Waals surface area contributed by atoms with Crippen LogP contribution in [0.5, 0.6) is 0 Å². The first-order chi connectivity index (χ1) is 9.89. The van der Waals surface area contributed by atoms with Crippen molar-refractivity contribution in [2.45, 2.75) is 39.5 Å². The van der Waals surface area contributed by atoms with E-state index >= 15 is 0 Å². The smallest absolute Gasteiger partial charge is 0.303 e. The molecule has 0 atom stereocenters. The summed E-state index contributed by atoms with van der Waals surface area (Å²) < 4.78 is 0. The number of nitrogens with one attached hydrogen (secondary N) is 2. The number of carboxylic acids is 1. The summed E-state index contributed by atoms with van der Waals surface area (Å²) in [5, 5.41) is 15.0. The molecule has 0 aromatic heterocycles. The summed E-state index contributed by atoms with van der Waals surface area (Å²) in [6, 6.07) is 0. The van der Waals surface area contributed by atoms with E-state index in [9.17, 15) is 9.59 Å². The first kappa shape index (κ1) is 17.9. The monoisotopic (exact) mass is 299 g/mol. The Labute approximate surface area is 127 Å². The Hall–Kier alpha value is -1.14. The van der Waals surface area contributed by atoms with E-state index in [0.29, 0.717) is 19.5 Å². The van der Waals surface area contributed by atoms with Crippen LogP contribution in [0.2, 0.25) is 0 Å². The third kappa shape index (κ3) is 8.67. The van der Waals surface area contributed by atoms with Gasteiger partial charge in [0.25, 0.3) is 0 Å². The van der Waals surface area contributed by atoms with Gasteiger partial charge in [-0.2, -0.15) is 0 Å². The molecular formula is C15H29N3O3. The Kier molecular flexibility index (Phi) is 7.67. The van der Waals surface area contributed by atoms with Crippen molar-refractivity contribution < 1.29 is 14.7 Å². The van der Waals surface area contributed by atoms with Crippen molar-refractivity contribution in [1.82, 2.24) is 15.5 Å². The molecule has 0 unspecified atom stereocenters. The average Bonchev–Trinajstić information content (AvgIpc) is 2.65. The zero-order valence-electron chi connectivity index (χ0n) is 13.3. The minimum absolute atomic E-state index is 0.0573. The van der Waals surface area contributed by atoms with E-state index in [2.05, 4.69) is 15.5 Å². The van der Waals surface area contributed by atoms with Crippen LogP contribution in [0.3, 0.4) is 0 Å². The quantitative estimate of drug-likeness (QED) is 0.614. The Morgan fingerprint density at radius 2 is 2.00 bits per heavy atom. The summed E-state index contributed by atoms with van der Waals surface area (Å²) in [4.78, 5) is 24.7. The second kappa shape index (κ2) is 9.00. The topological polar surface area (TPSA) is 81.7 Å². The van der Waals surface area contributed by atoms with Gasteiger partial charge in [-0.25, -0.2) is 0 Å². The lowest BCUT2D eigenvalue weighted by Crippen LogP contribution is -2.39. The van der Waals surface area contributed by atoms with Gasteiger partial charge >= 0.3 is 5.97 Å². The third-order valence-electron chi connectivity index (χ3n) is 3.94. The SMILES string of the molecule is CC(C)(CCNC(=O)CN1CCCNCC1)CCC(=O)O. The fourth-order valence-corrected chi connectivity index (χ4v) is 2.43. The van der Waals surface area contributed by atoms with Gasteiger partial charge in [0.1, 0.15) is 0 Å². The molecule has 0 aromatic carbocycles. The molecule has 21 heavy (non-hydrogen) atoms. The first-order valence-electron chi connectivity index (χ1n) is 7.81. The number of rotatable bonds is 8. The number of hydrogen-bond acceptors (Lipinski definition) is 4. The Bertz CT molecular complexity index is 337. The molecule has 1 aliphatic rings. The maximum Gasteiger partial charge on any atom is 0.303 e. The van der Waals surface area contributed by atoms with Crippen molar-refractivity contribution in [2.24, 2.45) is 5.41 Å². The predicted molar refractivity (Wildman–Crippen MR) is 82.2 cm³/mol. The number of amides is 1.